The van der Waals surface area contributed by atoms with Gasteiger partial charge in [-0.05, 0) is 61.4 Å². The number of piperidine rings is 1. The van der Waals surface area contributed by atoms with E-state index in [4.69, 9.17) is 16.3 Å². The molecule has 1 N–H and O–H groups in total. The summed E-state index contributed by atoms with van der Waals surface area (Å²) in [4.78, 5) is 12.6. The monoisotopic (exact) mass is 462 g/mol. The third-order valence-electron chi connectivity index (χ3n) is 5.92. The molecule has 31 heavy (non-hydrogen) atoms. The zero-order valence-electron chi connectivity index (χ0n) is 17.3. The number of rotatable bonds is 6. The molecule has 1 aliphatic carbocycles. The van der Waals surface area contributed by atoms with Crippen molar-refractivity contribution in [1.29, 1.82) is 0 Å². The highest BCUT2D eigenvalue weighted by Crippen LogP contribution is 2.31. The van der Waals surface area contributed by atoms with E-state index >= 15 is 0 Å². The normalized spacial score (nSPS) is 19.5. The molecule has 2 aromatic rings. The number of hydrogen-bond acceptors (Lipinski definition) is 4. The van der Waals surface area contributed by atoms with Gasteiger partial charge in [-0.2, -0.15) is 4.31 Å². The van der Waals surface area contributed by atoms with Crippen molar-refractivity contribution in [3.05, 3.63) is 58.6 Å². The second-order valence-electron chi connectivity index (χ2n) is 8.06. The Labute approximate surface area is 188 Å². The molecule has 1 amide bonds. The van der Waals surface area contributed by atoms with Crippen molar-refractivity contribution in [2.75, 3.05) is 19.7 Å². The van der Waals surface area contributed by atoms with Crippen LogP contribution in [-0.4, -0.2) is 38.3 Å². The van der Waals surface area contributed by atoms with Crippen LogP contribution in [0.4, 0.5) is 0 Å². The first-order chi connectivity index (χ1) is 14.9. The Hall–Kier alpha value is -2.09. The molecule has 0 radical (unpaired) electrons. The summed E-state index contributed by atoms with van der Waals surface area (Å²) < 4.78 is 32.7. The average molecular weight is 463 g/mol. The van der Waals surface area contributed by atoms with E-state index in [2.05, 4.69) is 17.4 Å². The first-order valence-electron chi connectivity index (χ1n) is 10.7. The first-order valence-corrected chi connectivity index (χ1v) is 12.6. The van der Waals surface area contributed by atoms with Crippen LogP contribution in [0.5, 0.6) is 5.75 Å². The Morgan fingerprint density at radius 1 is 1.10 bits per heavy atom. The van der Waals surface area contributed by atoms with E-state index in [1.54, 1.807) is 0 Å². The van der Waals surface area contributed by atoms with Crippen LogP contribution in [-0.2, 0) is 21.2 Å². The number of amides is 1. The number of ether oxygens (including phenoxy) is 1. The van der Waals surface area contributed by atoms with Crippen LogP contribution in [0.1, 0.15) is 49.3 Å². The van der Waals surface area contributed by atoms with E-state index in [1.807, 2.05) is 12.1 Å². The highest BCUT2D eigenvalue weighted by atomic mass is 35.5. The van der Waals surface area contributed by atoms with Crippen molar-refractivity contribution in [1.82, 2.24) is 9.62 Å². The maximum Gasteiger partial charge on any atom is 0.258 e. The number of nitrogens with zero attached hydrogens (tertiary/aromatic N) is 1. The number of carbonyl (C=O) groups is 1. The molecule has 6 nitrogen and oxygen atoms in total. The minimum absolute atomic E-state index is 0.0198. The number of halogens is 1. The van der Waals surface area contributed by atoms with Gasteiger partial charge in [0.25, 0.3) is 5.91 Å². The van der Waals surface area contributed by atoms with E-state index in [0.717, 1.165) is 44.1 Å². The summed E-state index contributed by atoms with van der Waals surface area (Å²) in [5.74, 6) is 0.0567. The van der Waals surface area contributed by atoms with E-state index < -0.39 is 10.0 Å². The predicted molar refractivity (Wildman–Crippen MR) is 120 cm³/mol. The van der Waals surface area contributed by atoms with Crippen molar-refractivity contribution in [3.8, 4) is 5.75 Å². The molecule has 8 heteroatoms. The molecule has 2 aromatic carbocycles. The molecular formula is C23H27ClN2O4S. The predicted octanol–water partition coefficient (Wildman–Crippen LogP) is 4.09. The molecule has 166 valence electrons. The lowest BCUT2D eigenvalue weighted by Crippen LogP contribution is -2.35. The van der Waals surface area contributed by atoms with Crippen molar-refractivity contribution in [2.24, 2.45) is 0 Å². The van der Waals surface area contributed by atoms with E-state index in [1.165, 1.54) is 28.1 Å². The van der Waals surface area contributed by atoms with Gasteiger partial charge in [-0.25, -0.2) is 8.42 Å². The molecule has 1 fully saturated rings. The van der Waals surface area contributed by atoms with Crippen LogP contribution in [0.25, 0.3) is 0 Å². The standard InChI is InChI=1S/C23H27ClN2O4S/c24-20-15-18(31(28,29)26-13-4-1-5-14-26)11-12-22(20)30-16-23(27)25-21-10-6-8-17-7-2-3-9-19(17)21/h2-3,7,9,11-12,15,21H,1,4-6,8,10,13-14,16H2,(H,25,27). The van der Waals surface area contributed by atoms with Gasteiger partial charge in [-0.15, -0.1) is 0 Å². The van der Waals surface area contributed by atoms with Crippen molar-refractivity contribution in [3.63, 3.8) is 0 Å². The minimum Gasteiger partial charge on any atom is -0.482 e. The number of carbonyl (C=O) groups excluding carboxylic acids is 1. The lowest BCUT2D eigenvalue weighted by atomic mass is 9.88. The molecule has 1 unspecified atom stereocenters. The smallest absolute Gasteiger partial charge is 0.258 e. The molecule has 0 saturated carbocycles. The third-order valence-corrected chi connectivity index (χ3v) is 8.11. The highest BCUT2D eigenvalue weighted by molar-refractivity contribution is 7.89. The quantitative estimate of drug-likeness (QED) is 0.701. The van der Waals surface area contributed by atoms with Crippen LogP contribution in [0, 0.1) is 0 Å². The van der Waals surface area contributed by atoms with E-state index in [0.29, 0.717) is 18.8 Å². The summed E-state index contributed by atoms with van der Waals surface area (Å²) in [7, 11) is -3.57. The van der Waals surface area contributed by atoms with Crippen LogP contribution in [0.15, 0.2) is 47.4 Å². The summed E-state index contributed by atoms with van der Waals surface area (Å²) in [6, 6.07) is 12.5. The van der Waals surface area contributed by atoms with Crippen LogP contribution >= 0.6 is 11.6 Å². The first kappa shape index (κ1) is 22.1. The lowest BCUT2D eigenvalue weighted by Gasteiger charge is -2.26. The molecule has 1 saturated heterocycles. The molecule has 1 aliphatic heterocycles. The fraction of sp³-hybridized carbons (Fsp3) is 0.435. The Morgan fingerprint density at radius 2 is 1.87 bits per heavy atom. The van der Waals surface area contributed by atoms with Crippen LogP contribution < -0.4 is 10.1 Å². The molecule has 1 atom stereocenters. The summed E-state index contributed by atoms with van der Waals surface area (Å²) in [6.07, 6.45) is 5.74. The Morgan fingerprint density at radius 3 is 2.65 bits per heavy atom. The van der Waals surface area contributed by atoms with Gasteiger partial charge < -0.3 is 10.1 Å². The number of nitrogens with one attached hydrogen (secondary N) is 1. The van der Waals surface area contributed by atoms with E-state index in [9.17, 15) is 13.2 Å². The van der Waals surface area contributed by atoms with Gasteiger partial charge in [0.2, 0.25) is 10.0 Å². The third kappa shape index (κ3) is 5.05. The van der Waals surface area contributed by atoms with Gasteiger partial charge >= 0.3 is 0 Å². The van der Waals surface area contributed by atoms with Gasteiger partial charge in [0, 0.05) is 13.1 Å². The fourth-order valence-corrected chi connectivity index (χ4v) is 6.14. The summed E-state index contributed by atoms with van der Waals surface area (Å²) in [5.41, 5.74) is 2.43. The number of fused-ring (bicyclic) bond motifs is 1. The molecule has 2 aliphatic rings. The molecule has 0 aromatic heterocycles. The number of aryl methyl sites for hydroxylation is 1. The minimum atomic E-state index is -3.57. The zero-order chi connectivity index (χ0) is 21.8. The Balaban J connectivity index is 1.37. The van der Waals surface area contributed by atoms with Crippen molar-refractivity contribution in [2.45, 2.75) is 49.5 Å². The highest BCUT2D eigenvalue weighted by Gasteiger charge is 2.27. The second-order valence-corrected chi connectivity index (χ2v) is 10.4. The Kier molecular flexibility index (Phi) is 6.84. The topological polar surface area (TPSA) is 75.7 Å². The van der Waals surface area contributed by atoms with Gasteiger partial charge in [0.15, 0.2) is 6.61 Å². The summed E-state index contributed by atoms with van der Waals surface area (Å²) in [5, 5.41) is 3.21. The number of sulfonamides is 1. The zero-order valence-corrected chi connectivity index (χ0v) is 18.9. The van der Waals surface area contributed by atoms with Gasteiger partial charge in [-0.1, -0.05) is 42.3 Å². The Bertz CT molecular complexity index is 1050. The van der Waals surface area contributed by atoms with Crippen molar-refractivity contribution >= 4 is 27.5 Å². The molecule has 4 rings (SSSR count). The number of hydrogen-bond donors (Lipinski definition) is 1. The maximum atomic E-state index is 12.8. The molecule has 0 spiro atoms. The van der Waals surface area contributed by atoms with Gasteiger partial charge in [0.1, 0.15) is 5.75 Å². The average Bonchev–Trinajstić information content (AvgIpc) is 2.79. The van der Waals surface area contributed by atoms with Crippen LogP contribution in [0.2, 0.25) is 5.02 Å². The molecular weight excluding hydrogens is 436 g/mol. The summed E-state index contributed by atoms with van der Waals surface area (Å²) >= 11 is 6.28. The largest absolute Gasteiger partial charge is 0.482 e. The summed E-state index contributed by atoms with van der Waals surface area (Å²) in [6.45, 7) is 0.877. The lowest BCUT2D eigenvalue weighted by molar-refractivity contribution is -0.123. The molecule has 0 bridgehead atoms. The van der Waals surface area contributed by atoms with Crippen molar-refractivity contribution < 1.29 is 17.9 Å². The SMILES string of the molecule is O=C(COc1ccc(S(=O)(=O)N2CCCCC2)cc1Cl)NC1CCCc2ccccc21. The van der Waals surface area contributed by atoms with Gasteiger partial charge in [-0.3, -0.25) is 4.79 Å². The fourth-order valence-electron chi connectivity index (χ4n) is 4.30. The van der Waals surface area contributed by atoms with Crippen LogP contribution in [0.3, 0.4) is 0 Å². The van der Waals surface area contributed by atoms with Gasteiger partial charge in [0.05, 0.1) is 16.0 Å². The molecule has 1 heterocycles. The number of benzene rings is 2. The second kappa shape index (κ2) is 9.59. The van der Waals surface area contributed by atoms with E-state index in [-0.39, 0.29) is 28.5 Å². The maximum absolute atomic E-state index is 12.8.